The van der Waals surface area contributed by atoms with Crippen LogP contribution in [0.5, 0.6) is 0 Å². The van der Waals surface area contributed by atoms with Crippen LogP contribution in [0, 0.1) is 0 Å². The SMILES string of the molecule is CCCOCCOCC(O)CSCCO. The molecular formula is C10H22O4S. The van der Waals surface area contributed by atoms with E-state index in [2.05, 4.69) is 6.92 Å². The maximum atomic E-state index is 9.41. The van der Waals surface area contributed by atoms with Crippen molar-refractivity contribution >= 4 is 11.8 Å². The van der Waals surface area contributed by atoms with Gasteiger partial charge in [-0.05, 0) is 6.42 Å². The lowest BCUT2D eigenvalue weighted by Crippen LogP contribution is -2.20. The minimum Gasteiger partial charge on any atom is -0.396 e. The Morgan fingerprint density at radius 2 is 1.93 bits per heavy atom. The fourth-order valence-electron chi connectivity index (χ4n) is 0.916. The van der Waals surface area contributed by atoms with Crippen molar-refractivity contribution in [1.82, 2.24) is 0 Å². The van der Waals surface area contributed by atoms with Crippen molar-refractivity contribution in [2.45, 2.75) is 19.4 Å². The van der Waals surface area contributed by atoms with Gasteiger partial charge in [0.25, 0.3) is 0 Å². The van der Waals surface area contributed by atoms with E-state index in [1.807, 2.05) is 0 Å². The lowest BCUT2D eigenvalue weighted by atomic mass is 10.4. The molecular weight excluding hydrogens is 216 g/mol. The van der Waals surface area contributed by atoms with Crippen LogP contribution in [-0.2, 0) is 9.47 Å². The Kier molecular flexibility index (Phi) is 12.4. The van der Waals surface area contributed by atoms with Gasteiger partial charge in [-0.15, -0.1) is 0 Å². The maximum Gasteiger partial charge on any atom is 0.0863 e. The second kappa shape index (κ2) is 12.3. The van der Waals surface area contributed by atoms with Crippen molar-refractivity contribution in [2.24, 2.45) is 0 Å². The summed E-state index contributed by atoms with van der Waals surface area (Å²) in [5.74, 6) is 1.27. The van der Waals surface area contributed by atoms with Crippen LogP contribution in [0.25, 0.3) is 0 Å². The summed E-state index contributed by atoms with van der Waals surface area (Å²) in [5.41, 5.74) is 0. The van der Waals surface area contributed by atoms with Crippen LogP contribution in [0.4, 0.5) is 0 Å². The first kappa shape index (κ1) is 15.2. The standard InChI is InChI=1S/C10H22O4S/c1-2-4-13-5-6-14-8-10(12)9-15-7-3-11/h10-12H,2-9H2,1H3. The topological polar surface area (TPSA) is 58.9 Å². The molecule has 0 saturated carbocycles. The summed E-state index contributed by atoms with van der Waals surface area (Å²) in [7, 11) is 0. The van der Waals surface area contributed by atoms with E-state index in [1.165, 1.54) is 11.8 Å². The summed E-state index contributed by atoms with van der Waals surface area (Å²) < 4.78 is 10.4. The minimum absolute atomic E-state index is 0.156. The van der Waals surface area contributed by atoms with Crippen molar-refractivity contribution in [2.75, 3.05) is 44.5 Å². The summed E-state index contributed by atoms with van der Waals surface area (Å²) in [6, 6.07) is 0. The lowest BCUT2D eigenvalue weighted by Gasteiger charge is -2.10. The zero-order valence-electron chi connectivity index (χ0n) is 9.35. The van der Waals surface area contributed by atoms with Gasteiger partial charge in [-0.25, -0.2) is 0 Å². The minimum atomic E-state index is -0.451. The van der Waals surface area contributed by atoms with Gasteiger partial charge in [0.2, 0.25) is 0 Å². The Bertz CT molecular complexity index is 124. The smallest absolute Gasteiger partial charge is 0.0863 e. The molecule has 0 bridgehead atoms. The third-order valence-electron chi connectivity index (χ3n) is 1.58. The quantitative estimate of drug-likeness (QED) is 0.514. The zero-order chi connectivity index (χ0) is 11.4. The molecule has 0 heterocycles. The van der Waals surface area contributed by atoms with Gasteiger partial charge in [0.15, 0.2) is 0 Å². The molecule has 0 aliphatic rings. The van der Waals surface area contributed by atoms with E-state index in [-0.39, 0.29) is 6.61 Å². The van der Waals surface area contributed by atoms with E-state index in [4.69, 9.17) is 14.6 Å². The summed E-state index contributed by atoms with van der Waals surface area (Å²) in [6.07, 6.45) is 0.563. The molecule has 5 heteroatoms. The van der Waals surface area contributed by atoms with Crippen LogP contribution < -0.4 is 0 Å². The van der Waals surface area contributed by atoms with Crippen molar-refractivity contribution in [3.8, 4) is 0 Å². The molecule has 1 unspecified atom stereocenters. The third kappa shape index (κ3) is 12.1. The Hall–Kier alpha value is 0.190. The van der Waals surface area contributed by atoms with E-state index in [9.17, 15) is 5.11 Å². The molecule has 0 fully saturated rings. The van der Waals surface area contributed by atoms with Gasteiger partial charge < -0.3 is 19.7 Å². The third-order valence-corrected chi connectivity index (χ3v) is 2.67. The number of rotatable bonds is 11. The van der Waals surface area contributed by atoms with Crippen molar-refractivity contribution < 1.29 is 19.7 Å². The molecule has 92 valence electrons. The molecule has 0 spiro atoms. The largest absolute Gasteiger partial charge is 0.396 e. The zero-order valence-corrected chi connectivity index (χ0v) is 10.2. The van der Waals surface area contributed by atoms with Gasteiger partial charge in [0.1, 0.15) is 0 Å². The Balaban J connectivity index is 3.06. The van der Waals surface area contributed by atoms with Crippen LogP contribution >= 0.6 is 11.8 Å². The summed E-state index contributed by atoms with van der Waals surface area (Å²) in [6.45, 7) is 4.43. The molecule has 0 amide bonds. The van der Waals surface area contributed by atoms with E-state index < -0.39 is 6.10 Å². The predicted molar refractivity (Wildman–Crippen MR) is 62.3 cm³/mol. The number of thioether (sulfide) groups is 1. The monoisotopic (exact) mass is 238 g/mol. The van der Waals surface area contributed by atoms with Gasteiger partial charge in [0.05, 0.1) is 32.5 Å². The summed E-state index contributed by atoms with van der Waals surface area (Å²) in [5, 5.41) is 17.9. The number of hydrogen-bond acceptors (Lipinski definition) is 5. The van der Waals surface area contributed by atoms with Crippen LogP contribution in [-0.4, -0.2) is 60.9 Å². The first-order valence-corrected chi connectivity index (χ1v) is 6.48. The number of aliphatic hydroxyl groups is 2. The average molecular weight is 238 g/mol. The molecule has 0 aliphatic heterocycles. The van der Waals surface area contributed by atoms with E-state index in [0.717, 1.165) is 13.0 Å². The average Bonchev–Trinajstić information content (AvgIpc) is 2.23. The van der Waals surface area contributed by atoms with Crippen molar-refractivity contribution in [3.05, 3.63) is 0 Å². The van der Waals surface area contributed by atoms with Crippen LogP contribution in [0.2, 0.25) is 0 Å². The Labute approximate surface area is 96.0 Å². The van der Waals surface area contributed by atoms with Gasteiger partial charge in [0, 0.05) is 18.1 Å². The number of ether oxygens (including phenoxy) is 2. The molecule has 0 aromatic carbocycles. The first-order valence-electron chi connectivity index (χ1n) is 5.33. The van der Waals surface area contributed by atoms with Gasteiger partial charge >= 0.3 is 0 Å². The number of aliphatic hydroxyl groups excluding tert-OH is 2. The van der Waals surface area contributed by atoms with E-state index in [1.54, 1.807) is 0 Å². The van der Waals surface area contributed by atoms with E-state index >= 15 is 0 Å². The summed E-state index contributed by atoms with van der Waals surface area (Å²) in [4.78, 5) is 0. The van der Waals surface area contributed by atoms with Crippen LogP contribution in [0.1, 0.15) is 13.3 Å². The molecule has 0 aromatic heterocycles. The molecule has 0 saturated heterocycles. The van der Waals surface area contributed by atoms with Gasteiger partial charge in [-0.1, -0.05) is 6.92 Å². The molecule has 15 heavy (non-hydrogen) atoms. The van der Waals surface area contributed by atoms with Crippen molar-refractivity contribution in [1.29, 1.82) is 0 Å². The highest BCUT2D eigenvalue weighted by Gasteiger charge is 2.03. The number of hydrogen-bond donors (Lipinski definition) is 2. The molecule has 0 aliphatic carbocycles. The predicted octanol–water partition coefficient (Wildman–Crippen LogP) is 0.516. The molecule has 0 radical (unpaired) electrons. The fourth-order valence-corrected chi connectivity index (χ4v) is 1.58. The normalized spacial score (nSPS) is 13.0. The van der Waals surface area contributed by atoms with Crippen LogP contribution in [0.15, 0.2) is 0 Å². The molecule has 0 rings (SSSR count). The highest BCUT2D eigenvalue weighted by Crippen LogP contribution is 2.02. The van der Waals surface area contributed by atoms with Gasteiger partial charge in [-0.2, -0.15) is 11.8 Å². The Morgan fingerprint density at radius 3 is 2.60 bits per heavy atom. The van der Waals surface area contributed by atoms with Crippen molar-refractivity contribution in [3.63, 3.8) is 0 Å². The molecule has 1 atom stereocenters. The highest BCUT2D eigenvalue weighted by molar-refractivity contribution is 7.99. The van der Waals surface area contributed by atoms with Gasteiger partial charge in [-0.3, -0.25) is 0 Å². The molecule has 4 nitrogen and oxygen atoms in total. The first-order chi connectivity index (χ1) is 7.31. The van der Waals surface area contributed by atoms with E-state index in [0.29, 0.717) is 31.3 Å². The highest BCUT2D eigenvalue weighted by atomic mass is 32.2. The van der Waals surface area contributed by atoms with Crippen LogP contribution in [0.3, 0.4) is 0 Å². The molecule has 0 aromatic rings. The summed E-state index contributed by atoms with van der Waals surface area (Å²) >= 11 is 1.52. The fraction of sp³-hybridized carbons (Fsp3) is 1.00. The second-order valence-electron chi connectivity index (χ2n) is 3.14. The Morgan fingerprint density at radius 1 is 1.20 bits per heavy atom. The maximum absolute atomic E-state index is 9.41. The second-order valence-corrected chi connectivity index (χ2v) is 4.29. The lowest BCUT2D eigenvalue weighted by molar-refractivity contribution is 0.0110. The molecule has 2 N–H and O–H groups in total.